The zero-order valence-electron chi connectivity index (χ0n) is 11.0. The number of imidazole rings is 1. The molecule has 1 saturated carbocycles. The first-order chi connectivity index (χ1) is 9.65. The number of nitrogens with one attached hydrogen (secondary N) is 1. The SMILES string of the molecule is O=C(O)c1c(NCC2CCC(O)C2)nc2ccccn12. The Labute approximate surface area is 116 Å². The van der Waals surface area contributed by atoms with Crippen molar-refractivity contribution in [1.82, 2.24) is 9.38 Å². The molecule has 2 unspecified atom stereocenters. The lowest BCUT2D eigenvalue weighted by Gasteiger charge is -2.10. The van der Waals surface area contributed by atoms with E-state index in [4.69, 9.17) is 0 Å². The van der Waals surface area contributed by atoms with Gasteiger partial charge < -0.3 is 15.5 Å². The number of aliphatic hydroxyl groups excluding tert-OH is 1. The fourth-order valence-corrected chi connectivity index (χ4v) is 2.80. The summed E-state index contributed by atoms with van der Waals surface area (Å²) in [7, 11) is 0. The fraction of sp³-hybridized carbons (Fsp3) is 0.429. The van der Waals surface area contributed by atoms with Crippen molar-refractivity contribution in [2.45, 2.75) is 25.4 Å². The van der Waals surface area contributed by atoms with Crippen LogP contribution < -0.4 is 5.32 Å². The minimum absolute atomic E-state index is 0.152. The molecular weight excluding hydrogens is 258 g/mol. The Morgan fingerprint density at radius 2 is 2.30 bits per heavy atom. The highest BCUT2D eigenvalue weighted by molar-refractivity contribution is 5.92. The van der Waals surface area contributed by atoms with E-state index in [1.807, 2.05) is 6.07 Å². The van der Waals surface area contributed by atoms with E-state index in [0.717, 1.165) is 19.3 Å². The lowest BCUT2D eigenvalue weighted by atomic mass is 10.1. The molecule has 0 spiro atoms. The summed E-state index contributed by atoms with van der Waals surface area (Å²) in [6, 6.07) is 5.38. The number of carbonyl (C=O) groups is 1. The molecule has 2 atom stereocenters. The molecule has 3 rings (SSSR count). The molecule has 0 saturated heterocycles. The molecule has 2 heterocycles. The van der Waals surface area contributed by atoms with Crippen LogP contribution in [0.3, 0.4) is 0 Å². The van der Waals surface area contributed by atoms with Gasteiger partial charge in [0.25, 0.3) is 0 Å². The van der Waals surface area contributed by atoms with E-state index in [9.17, 15) is 15.0 Å². The molecule has 6 nitrogen and oxygen atoms in total. The molecule has 1 aliphatic rings. The third-order valence-corrected chi connectivity index (χ3v) is 3.80. The molecule has 0 aromatic carbocycles. The van der Waals surface area contributed by atoms with Gasteiger partial charge in [-0.3, -0.25) is 4.40 Å². The van der Waals surface area contributed by atoms with E-state index in [1.165, 1.54) is 0 Å². The van der Waals surface area contributed by atoms with Gasteiger partial charge >= 0.3 is 5.97 Å². The van der Waals surface area contributed by atoms with Gasteiger partial charge in [0.2, 0.25) is 0 Å². The molecular formula is C14H17N3O3. The van der Waals surface area contributed by atoms with Gasteiger partial charge in [0.15, 0.2) is 11.5 Å². The molecule has 0 aliphatic heterocycles. The lowest BCUT2D eigenvalue weighted by Crippen LogP contribution is -2.15. The molecule has 1 aliphatic carbocycles. The Morgan fingerprint density at radius 1 is 1.45 bits per heavy atom. The number of hydrogen-bond acceptors (Lipinski definition) is 4. The van der Waals surface area contributed by atoms with E-state index in [0.29, 0.717) is 23.9 Å². The van der Waals surface area contributed by atoms with E-state index >= 15 is 0 Å². The molecule has 2 aromatic rings. The van der Waals surface area contributed by atoms with Crippen LogP contribution in [-0.2, 0) is 0 Å². The quantitative estimate of drug-likeness (QED) is 0.789. The molecule has 20 heavy (non-hydrogen) atoms. The standard InChI is InChI=1S/C14H17N3O3/c18-10-5-4-9(7-10)8-15-13-12(14(19)20)17-6-2-1-3-11(17)16-13/h1-3,6,9-10,15,18H,4-5,7-8H2,(H,19,20). The van der Waals surface area contributed by atoms with Crippen molar-refractivity contribution < 1.29 is 15.0 Å². The average molecular weight is 275 g/mol. The number of carboxylic acids is 1. The predicted octanol–water partition coefficient (Wildman–Crippen LogP) is 1.61. The Hall–Kier alpha value is -2.08. The van der Waals surface area contributed by atoms with Gasteiger partial charge in [-0.05, 0) is 37.3 Å². The van der Waals surface area contributed by atoms with Crippen LogP contribution in [0.25, 0.3) is 5.65 Å². The summed E-state index contributed by atoms with van der Waals surface area (Å²) in [6.07, 6.45) is 4.02. The Balaban J connectivity index is 1.83. The summed E-state index contributed by atoms with van der Waals surface area (Å²) < 4.78 is 1.56. The smallest absolute Gasteiger partial charge is 0.356 e. The normalized spacial score (nSPS) is 22.2. The number of aromatic carboxylic acids is 1. The number of aliphatic hydroxyl groups is 1. The summed E-state index contributed by atoms with van der Waals surface area (Å²) in [6.45, 7) is 0.640. The first-order valence-electron chi connectivity index (χ1n) is 6.77. The molecule has 106 valence electrons. The number of hydrogen-bond donors (Lipinski definition) is 3. The van der Waals surface area contributed by atoms with Crippen molar-refractivity contribution in [3.63, 3.8) is 0 Å². The molecule has 1 fully saturated rings. The minimum Gasteiger partial charge on any atom is -0.476 e. The Bertz CT molecular complexity index is 638. The molecule has 0 bridgehead atoms. The van der Waals surface area contributed by atoms with Crippen molar-refractivity contribution >= 4 is 17.4 Å². The fourth-order valence-electron chi connectivity index (χ4n) is 2.80. The van der Waals surface area contributed by atoms with Crippen molar-refractivity contribution in [2.75, 3.05) is 11.9 Å². The van der Waals surface area contributed by atoms with E-state index < -0.39 is 5.97 Å². The van der Waals surface area contributed by atoms with E-state index in [2.05, 4.69) is 10.3 Å². The van der Waals surface area contributed by atoms with E-state index in [-0.39, 0.29) is 11.8 Å². The number of pyridine rings is 1. The number of carboxylic acid groups (broad SMARTS) is 1. The number of rotatable bonds is 4. The molecule has 0 radical (unpaired) electrons. The summed E-state index contributed by atoms with van der Waals surface area (Å²) in [5.74, 6) is -0.237. The second kappa shape index (κ2) is 5.13. The minimum atomic E-state index is -1.00. The summed E-state index contributed by atoms with van der Waals surface area (Å²) in [5.41, 5.74) is 0.762. The van der Waals surface area contributed by atoms with Crippen LogP contribution in [0.4, 0.5) is 5.82 Å². The van der Waals surface area contributed by atoms with Crippen LogP contribution in [0.15, 0.2) is 24.4 Å². The number of fused-ring (bicyclic) bond motifs is 1. The molecule has 2 aromatic heterocycles. The van der Waals surface area contributed by atoms with Gasteiger partial charge in [-0.15, -0.1) is 0 Å². The number of aromatic nitrogens is 2. The van der Waals surface area contributed by atoms with Gasteiger partial charge in [0, 0.05) is 12.7 Å². The maximum Gasteiger partial charge on any atom is 0.356 e. The van der Waals surface area contributed by atoms with Gasteiger partial charge in [0.05, 0.1) is 6.10 Å². The predicted molar refractivity (Wildman–Crippen MR) is 74.0 cm³/mol. The first kappa shape index (κ1) is 12.9. The maximum atomic E-state index is 11.4. The van der Waals surface area contributed by atoms with Crippen LogP contribution >= 0.6 is 0 Å². The third-order valence-electron chi connectivity index (χ3n) is 3.80. The average Bonchev–Trinajstić information content (AvgIpc) is 2.99. The third kappa shape index (κ3) is 2.34. The summed E-state index contributed by atoms with van der Waals surface area (Å²) in [5, 5.41) is 22.0. The maximum absolute atomic E-state index is 11.4. The monoisotopic (exact) mass is 275 g/mol. The van der Waals surface area contributed by atoms with Crippen molar-refractivity contribution in [3.05, 3.63) is 30.1 Å². The van der Waals surface area contributed by atoms with Crippen LogP contribution in [-0.4, -0.2) is 38.2 Å². The lowest BCUT2D eigenvalue weighted by molar-refractivity contribution is 0.0690. The van der Waals surface area contributed by atoms with Gasteiger partial charge in [-0.25, -0.2) is 9.78 Å². The van der Waals surface area contributed by atoms with Crippen molar-refractivity contribution in [3.8, 4) is 0 Å². The van der Waals surface area contributed by atoms with Crippen molar-refractivity contribution in [2.24, 2.45) is 5.92 Å². The number of anilines is 1. The highest BCUT2D eigenvalue weighted by Gasteiger charge is 2.24. The largest absolute Gasteiger partial charge is 0.476 e. The highest BCUT2D eigenvalue weighted by Crippen LogP contribution is 2.26. The highest BCUT2D eigenvalue weighted by atomic mass is 16.4. The van der Waals surface area contributed by atoms with Crippen LogP contribution in [0.1, 0.15) is 29.8 Å². The van der Waals surface area contributed by atoms with Crippen molar-refractivity contribution in [1.29, 1.82) is 0 Å². The zero-order valence-corrected chi connectivity index (χ0v) is 11.0. The first-order valence-corrected chi connectivity index (χ1v) is 6.77. The molecule has 6 heteroatoms. The Morgan fingerprint density at radius 3 is 3.00 bits per heavy atom. The molecule has 0 amide bonds. The van der Waals surface area contributed by atoms with Crippen LogP contribution in [0, 0.1) is 5.92 Å². The van der Waals surface area contributed by atoms with Crippen LogP contribution in [0.2, 0.25) is 0 Å². The summed E-state index contributed by atoms with van der Waals surface area (Å²) in [4.78, 5) is 15.7. The number of nitrogens with zero attached hydrogens (tertiary/aromatic N) is 2. The second-order valence-corrected chi connectivity index (χ2v) is 5.26. The second-order valence-electron chi connectivity index (χ2n) is 5.26. The van der Waals surface area contributed by atoms with Gasteiger partial charge in [-0.2, -0.15) is 0 Å². The molecule has 3 N–H and O–H groups in total. The Kier molecular flexibility index (Phi) is 3.31. The topological polar surface area (TPSA) is 86.9 Å². The summed E-state index contributed by atoms with van der Waals surface area (Å²) >= 11 is 0. The zero-order chi connectivity index (χ0) is 14.1. The van der Waals surface area contributed by atoms with E-state index in [1.54, 1.807) is 22.7 Å². The van der Waals surface area contributed by atoms with Crippen LogP contribution in [0.5, 0.6) is 0 Å². The van der Waals surface area contributed by atoms with Gasteiger partial charge in [-0.1, -0.05) is 6.07 Å². The van der Waals surface area contributed by atoms with Gasteiger partial charge in [0.1, 0.15) is 5.65 Å².